The van der Waals surface area contributed by atoms with E-state index < -0.39 is 0 Å². The van der Waals surface area contributed by atoms with Crippen LogP contribution in [0.1, 0.15) is 51.5 Å². The molecule has 3 nitrogen and oxygen atoms in total. The number of carbonyl (C=O) groups is 1. The Morgan fingerprint density at radius 2 is 2.00 bits per heavy atom. The molecule has 0 bridgehead atoms. The molecule has 1 aromatic rings. The van der Waals surface area contributed by atoms with E-state index in [1.807, 2.05) is 11.3 Å². The van der Waals surface area contributed by atoms with E-state index >= 15 is 0 Å². The number of hydrogen-bond donors (Lipinski definition) is 0. The summed E-state index contributed by atoms with van der Waals surface area (Å²) in [6.07, 6.45) is 2.38. The number of thiophene rings is 1. The van der Waals surface area contributed by atoms with Crippen molar-refractivity contribution in [3.8, 4) is 0 Å². The van der Waals surface area contributed by atoms with Crippen molar-refractivity contribution in [3.05, 3.63) is 22.4 Å². The van der Waals surface area contributed by atoms with Gasteiger partial charge in [0.25, 0.3) is 0 Å². The minimum absolute atomic E-state index is 0.297. The quantitative estimate of drug-likeness (QED) is 0.757. The molecule has 0 saturated carbocycles. The lowest BCUT2D eigenvalue weighted by Crippen LogP contribution is -2.43. The summed E-state index contributed by atoms with van der Waals surface area (Å²) in [7, 11) is 0. The number of amides is 1. The van der Waals surface area contributed by atoms with Gasteiger partial charge >= 0.3 is 0 Å². The summed E-state index contributed by atoms with van der Waals surface area (Å²) in [6.45, 7) is 12.1. The zero-order valence-corrected chi connectivity index (χ0v) is 15.2. The fourth-order valence-electron chi connectivity index (χ4n) is 3.25. The van der Waals surface area contributed by atoms with E-state index in [2.05, 4.69) is 55.0 Å². The Hall–Kier alpha value is -0.870. The third-order valence-corrected chi connectivity index (χ3v) is 5.07. The van der Waals surface area contributed by atoms with Crippen molar-refractivity contribution in [3.63, 3.8) is 0 Å². The maximum Gasteiger partial charge on any atom is 0.236 e. The smallest absolute Gasteiger partial charge is 0.236 e. The number of hydrogen-bond acceptors (Lipinski definition) is 3. The molecule has 0 spiro atoms. The average Bonchev–Trinajstić information content (AvgIpc) is 3.06. The Balaban J connectivity index is 1.98. The number of likely N-dealkylation sites (tertiary alicyclic amines) is 1. The molecule has 4 heteroatoms. The lowest BCUT2D eigenvalue weighted by atomic mass is 10.1. The molecule has 22 heavy (non-hydrogen) atoms. The minimum atomic E-state index is 0.297. The summed E-state index contributed by atoms with van der Waals surface area (Å²) in [5, 5.41) is 2.14. The second kappa shape index (κ2) is 8.11. The van der Waals surface area contributed by atoms with Gasteiger partial charge in [-0.1, -0.05) is 33.8 Å². The highest BCUT2D eigenvalue weighted by molar-refractivity contribution is 7.10. The Morgan fingerprint density at radius 3 is 2.55 bits per heavy atom. The molecular weight excluding hydrogens is 292 g/mol. The van der Waals surface area contributed by atoms with Crippen molar-refractivity contribution >= 4 is 17.2 Å². The number of rotatable bonds is 7. The van der Waals surface area contributed by atoms with E-state index in [4.69, 9.17) is 0 Å². The lowest BCUT2D eigenvalue weighted by Gasteiger charge is -2.30. The first-order chi connectivity index (χ1) is 10.5. The van der Waals surface area contributed by atoms with Crippen molar-refractivity contribution in [2.45, 2.75) is 46.6 Å². The van der Waals surface area contributed by atoms with Gasteiger partial charge in [-0.25, -0.2) is 0 Å². The summed E-state index contributed by atoms with van der Waals surface area (Å²) < 4.78 is 0. The van der Waals surface area contributed by atoms with Gasteiger partial charge in [-0.3, -0.25) is 9.69 Å². The van der Waals surface area contributed by atoms with Gasteiger partial charge in [0.05, 0.1) is 6.54 Å². The Labute approximate surface area is 139 Å². The van der Waals surface area contributed by atoms with Crippen LogP contribution in [0.25, 0.3) is 0 Å². The topological polar surface area (TPSA) is 23.6 Å². The Kier molecular flexibility index (Phi) is 6.45. The SMILES string of the molecule is CC(C)CN(CC(C)C)C(=O)CN1CCCC1c1cccs1. The Morgan fingerprint density at radius 1 is 1.32 bits per heavy atom. The molecule has 1 fully saturated rings. The van der Waals surface area contributed by atoms with E-state index in [1.54, 1.807) is 0 Å². The molecule has 0 aliphatic carbocycles. The second-order valence-electron chi connectivity index (χ2n) is 7.23. The number of carbonyl (C=O) groups excluding carboxylic acids is 1. The van der Waals surface area contributed by atoms with Crippen molar-refractivity contribution in [1.82, 2.24) is 9.80 Å². The molecule has 124 valence electrons. The minimum Gasteiger partial charge on any atom is -0.341 e. The van der Waals surface area contributed by atoms with Crippen LogP contribution >= 0.6 is 11.3 Å². The van der Waals surface area contributed by atoms with E-state index in [0.717, 1.165) is 19.6 Å². The molecule has 2 rings (SSSR count). The first-order valence-corrected chi connectivity index (χ1v) is 9.40. The van der Waals surface area contributed by atoms with Crippen molar-refractivity contribution in [2.75, 3.05) is 26.2 Å². The van der Waals surface area contributed by atoms with Crippen LogP contribution in [-0.4, -0.2) is 41.9 Å². The monoisotopic (exact) mass is 322 g/mol. The van der Waals surface area contributed by atoms with E-state index in [0.29, 0.717) is 30.3 Å². The van der Waals surface area contributed by atoms with Crippen molar-refractivity contribution in [1.29, 1.82) is 0 Å². The van der Waals surface area contributed by atoms with Gasteiger partial charge < -0.3 is 4.90 Å². The summed E-state index contributed by atoms with van der Waals surface area (Å²) >= 11 is 1.81. The summed E-state index contributed by atoms with van der Waals surface area (Å²) in [5.74, 6) is 1.34. The predicted octanol–water partition coefficient (Wildman–Crippen LogP) is 4.03. The van der Waals surface area contributed by atoms with Gasteiger partial charge in [0, 0.05) is 24.0 Å². The molecule has 0 N–H and O–H groups in total. The standard InChI is InChI=1S/C18H30N2OS/c1-14(2)11-20(12-15(3)4)18(21)13-19-9-5-7-16(19)17-8-6-10-22-17/h6,8,10,14-16H,5,7,9,11-13H2,1-4H3. The van der Waals surface area contributed by atoms with Crippen LogP contribution in [0.3, 0.4) is 0 Å². The van der Waals surface area contributed by atoms with Crippen LogP contribution in [0.5, 0.6) is 0 Å². The maximum absolute atomic E-state index is 12.8. The highest BCUT2D eigenvalue weighted by Gasteiger charge is 2.29. The maximum atomic E-state index is 12.8. The molecule has 1 aromatic heterocycles. The normalized spacial score (nSPS) is 19.3. The van der Waals surface area contributed by atoms with Gasteiger partial charge in [0.1, 0.15) is 0 Å². The van der Waals surface area contributed by atoms with E-state index in [-0.39, 0.29) is 0 Å². The fraction of sp³-hybridized carbons (Fsp3) is 0.722. The second-order valence-corrected chi connectivity index (χ2v) is 8.21. The van der Waals surface area contributed by atoms with E-state index in [9.17, 15) is 4.79 Å². The molecule has 1 unspecified atom stereocenters. The molecular formula is C18H30N2OS. The van der Waals surface area contributed by atoms with Gasteiger partial charge in [-0.2, -0.15) is 0 Å². The third-order valence-electron chi connectivity index (χ3n) is 4.10. The van der Waals surface area contributed by atoms with Crippen LogP contribution in [0.15, 0.2) is 17.5 Å². The number of nitrogens with zero attached hydrogens (tertiary/aromatic N) is 2. The molecule has 2 heterocycles. The molecule has 1 aliphatic heterocycles. The molecule has 1 atom stereocenters. The zero-order valence-electron chi connectivity index (χ0n) is 14.4. The average molecular weight is 323 g/mol. The molecule has 1 aliphatic rings. The highest BCUT2D eigenvalue weighted by Crippen LogP contribution is 2.34. The van der Waals surface area contributed by atoms with Crippen LogP contribution in [0.2, 0.25) is 0 Å². The molecule has 1 amide bonds. The molecule has 0 aromatic carbocycles. The Bertz CT molecular complexity index is 446. The van der Waals surface area contributed by atoms with Gasteiger partial charge in [0.2, 0.25) is 5.91 Å². The summed E-state index contributed by atoms with van der Waals surface area (Å²) in [6, 6.07) is 4.77. The van der Waals surface area contributed by atoms with Crippen LogP contribution in [0, 0.1) is 11.8 Å². The van der Waals surface area contributed by atoms with Gasteiger partial charge in [0.15, 0.2) is 0 Å². The third kappa shape index (κ3) is 4.82. The van der Waals surface area contributed by atoms with Crippen molar-refractivity contribution in [2.24, 2.45) is 11.8 Å². The molecule has 0 radical (unpaired) electrons. The van der Waals surface area contributed by atoms with Gasteiger partial charge in [-0.05, 0) is 42.7 Å². The largest absolute Gasteiger partial charge is 0.341 e. The fourth-order valence-corrected chi connectivity index (χ4v) is 4.15. The van der Waals surface area contributed by atoms with Gasteiger partial charge in [-0.15, -0.1) is 11.3 Å². The summed E-state index contributed by atoms with van der Waals surface area (Å²) in [5.41, 5.74) is 0. The zero-order chi connectivity index (χ0) is 16.1. The van der Waals surface area contributed by atoms with Crippen LogP contribution < -0.4 is 0 Å². The van der Waals surface area contributed by atoms with Crippen LogP contribution in [0.4, 0.5) is 0 Å². The first kappa shape index (κ1) is 17.5. The lowest BCUT2D eigenvalue weighted by molar-refractivity contribution is -0.133. The first-order valence-electron chi connectivity index (χ1n) is 8.52. The highest BCUT2D eigenvalue weighted by atomic mass is 32.1. The summed E-state index contributed by atoms with van der Waals surface area (Å²) in [4.78, 5) is 18.6. The van der Waals surface area contributed by atoms with Crippen molar-refractivity contribution < 1.29 is 4.79 Å². The van der Waals surface area contributed by atoms with E-state index in [1.165, 1.54) is 17.7 Å². The molecule has 1 saturated heterocycles. The van der Waals surface area contributed by atoms with Crippen LogP contribution in [-0.2, 0) is 4.79 Å². The predicted molar refractivity (Wildman–Crippen MR) is 94.1 cm³/mol.